The molecule has 146 valence electrons. The van der Waals surface area contributed by atoms with Crippen molar-refractivity contribution in [1.82, 2.24) is 15.0 Å². The van der Waals surface area contributed by atoms with Crippen LogP contribution in [0.15, 0.2) is 76.6 Å². The fourth-order valence-electron chi connectivity index (χ4n) is 2.55. The van der Waals surface area contributed by atoms with Gasteiger partial charge in [0.25, 0.3) is 10.0 Å². The lowest BCUT2D eigenvalue weighted by Crippen LogP contribution is -2.41. The van der Waals surface area contributed by atoms with Crippen molar-refractivity contribution in [2.45, 2.75) is 10.6 Å². The van der Waals surface area contributed by atoms with E-state index in [2.05, 4.69) is 26.1 Å². The van der Waals surface area contributed by atoms with Crippen LogP contribution in [0.2, 0.25) is 0 Å². The average Bonchev–Trinajstić information content (AvgIpc) is 2.73. The molecule has 2 aromatic carbocycles. The standard InChI is InChI=1S/C20H22N4O2S2/c1-21-20(24-28(25,26)18-8-3-2-4-9-18)22-13-14-27-15-17-12-11-16-7-5-6-10-19(16)23-17/h2-12H,13-15H2,1H3,(H2,21,22,24). The van der Waals surface area contributed by atoms with Crippen LogP contribution in [-0.2, 0) is 15.8 Å². The minimum absolute atomic E-state index is 0.203. The summed E-state index contributed by atoms with van der Waals surface area (Å²) in [5, 5.41) is 4.16. The van der Waals surface area contributed by atoms with Gasteiger partial charge in [-0.2, -0.15) is 11.8 Å². The molecule has 2 N–H and O–H groups in total. The van der Waals surface area contributed by atoms with Crippen LogP contribution in [0, 0.1) is 0 Å². The highest BCUT2D eigenvalue weighted by molar-refractivity contribution is 7.98. The Hall–Kier alpha value is -2.58. The highest BCUT2D eigenvalue weighted by atomic mass is 32.2. The van der Waals surface area contributed by atoms with Crippen LogP contribution >= 0.6 is 11.8 Å². The summed E-state index contributed by atoms with van der Waals surface area (Å²) in [4.78, 5) is 8.84. The van der Waals surface area contributed by atoms with Gasteiger partial charge >= 0.3 is 0 Å². The summed E-state index contributed by atoms with van der Waals surface area (Å²) in [7, 11) is -2.09. The predicted octanol–water partition coefficient (Wildman–Crippen LogP) is 3.02. The molecule has 0 unspecified atom stereocenters. The van der Waals surface area contributed by atoms with Gasteiger partial charge in [-0.1, -0.05) is 42.5 Å². The first kappa shape index (κ1) is 20.2. The van der Waals surface area contributed by atoms with Crippen molar-refractivity contribution in [2.75, 3.05) is 19.3 Å². The quantitative estimate of drug-likeness (QED) is 0.353. The van der Waals surface area contributed by atoms with Crippen LogP contribution in [0.25, 0.3) is 10.9 Å². The smallest absolute Gasteiger partial charge is 0.264 e. The number of para-hydroxylation sites is 1. The Labute approximate surface area is 169 Å². The Morgan fingerprint density at radius 2 is 1.79 bits per heavy atom. The third-order valence-corrected chi connectivity index (χ3v) is 6.30. The van der Waals surface area contributed by atoms with Crippen molar-refractivity contribution < 1.29 is 8.42 Å². The Bertz CT molecular complexity index is 1050. The maximum absolute atomic E-state index is 12.3. The molecule has 3 aromatic rings. The number of aliphatic imine (C=N–C) groups is 1. The monoisotopic (exact) mass is 414 g/mol. The van der Waals surface area contributed by atoms with E-state index >= 15 is 0 Å². The van der Waals surface area contributed by atoms with Gasteiger partial charge in [0, 0.05) is 30.5 Å². The number of thioether (sulfide) groups is 1. The van der Waals surface area contributed by atoms with Gasteiger partial charge in [-0.15, -0.1) is 0 Å². The highest BCUT2D eigenvalue weighted by Gasteiger charge is 2.15. The fourth-order valence-corrected chi connectivity index (χ4v) is 4.37. The fraction of sp³-hybridized carbons (Fsp3) is 0.200. The van der Waals surface area contributed by atoms with E-state index in [1.54, 1.807) is 49.1 Å². The van der Waals surface area contributed by atoms with E-state index in [4.69, 9.17) is 0 Å². The van der Waals surface area contributed by atoms with Gasteiger partial charge in [0.2, 0.25) is 5.96 Å². The second-order valence-corrected chi connectivity index (χ2v) is 8.75. The number of hydrogen-bond donors (Lipinski definition) is 2. The van der Waals surface area contributed by atoms with Crippen LogP contribution in [-0.4, -0.2) is 38.7 Å². The molecule has 0 amide bonds. The molecule has 1 aromatic heterocycles. The molecule has 1 heterocycles. The van der Waals surface area contributed by atoms with Crippen molar-refractivity contribution in [1.29, 1.82) is 0 Å². The summed E-state index contributed by atoms with van der Waals surface area (Å²) in [5.41, 5.74) is 2.02. The zero-order valence-electron chi connectivity index (χ0n) is 15.5. The molecule has 8 heteroatoms. The number of guanidine groups is 1. The van der Waals surface area contributed by atoms with Gasteiger partial charge in [-0.05, 0) is 24.3 Å². The van der Waals surface area contributed by atoms with Crippen LogP contribution in [0.1, 0.15) is 5.69 Å². The Balaban J connectivity index is 1.45. The van der Waals surface area contributed by atoms with E-state index in [0.717, 1.165) is 28.1 Å². The summed E-state index contributed by atoms with van der Waals surface area (Å²) in [5.74, 6) is 1.81. The molecule has 0 radical (unpaired) electrons. The lowest BCUT2D eigenvalue weighted by Gasteiger charge is -2.12. The lowest BCUT2D eigenvalue weighted by atomic mass is 10.2. The molecule has 0 aliphatic carbocycles. The largest absolute Gasteiger partial charge is 0.355 e. The molecule has 3 rings (SSSR count). The van der Waals surface area contributed by atoms with Crippen molar-refractivity contribution in [3.05, 3.63) is 72.4 Å². The van der Waals surface area contributed by atoms with Crippen molar-refractivity contribution >= 4 is 38.6 Å². The third-order valence-electron chi connectivity index (χ3n) is 3.95. The van der Waals surface area contributed by atoms with E-state index in [0.29, 0.717) is 6.54 Å². The van der Waals surface area contributed by atoms with E-state index in [-0.39, 0.29) is 10.9 Å². The topological polar surface area (TPSA) is 83.4 Å². The first-order valence-corrected chi connectivity index (χ1v) is 11.4. The second-order valence-electron chi connectivity index (χ2n) is 5.97. The Morgan fingerprint density at radius 3 is 2.57 bits per heavy atom. The zero-order chi connectivity index (χ0) is 19.8. The number of rotatable bonds is 7. The SMILES string of the molecule is CN=C(NCCSCc1ccc2ccccc2n1)NS(=O)(=O)c1ccccc1. The van der Waals surface area contributed by atoms with Crippen molar-refractivity contribution in [3.8, 4) is 0 Å². The number of pyridine rings is 1. The molecule has 0 atom stereocenters. The maximum atomic E-state index is 12.3. The molecular formula is C20H22N4O2S2. The Morgan fingerprint density at radius 1 is 1.04 bits per heavy atom. The van der Waals surface area contributed by atoms with Crippen molar-refractivity contribution in [3.63, 3.8) is 0 Å². The first-order chi connectivity index (χ1) is 13.6. The lowest BCUT2D eigenvalue weighted by molar-refractivity contribution is 0.591. The zero-order valence-corrected chi connectivity index (χ0v) is 17.1. The summed E-state index contributed by atoms with van der Waals surface area (Å²) in [6.45, 7) is 0.586. The molecule has 0 saturated carbocycles. The Kier molecular flexibility index (Phi) is 6.89. The number of fused-ring (bicyclic) bond motifs is 1. The molecule has 6 nitrogen and oxygen atoms in total. The molecule has 0 spiro atoms. The van der Waals surface area contributed by atoms with Crippen LogP contribution in [0.3, 0.4) is 0 Å². The third kappa shape index (κ3) is 5.46. The summed E-state index contributed by atoms with van der Waals surface area (Å²) in [6.07, 6.45) is 0. The molecule has 0 fully saturated rings. The van der Waals surface area contributed by atoms with Crippen LogP contribution < -0.4 is 10.0 Å². The number of aromatic nitrogens is 1. The molecule has 0 aliphatic heterocycles. The second kappa shape index (κ2) is 9.57. The molecule has 28 heavy (non-hydrogen) atoms. The van der Waals surface area contributed by atoms with E-state index in [1.165, 1.54) is 0 Å². The van der Waals surface area contributed by atoms with Gasteiger partial charge in [-0.25, -0.2) is 13.1 Å². The van der Waals surface area contributed by atoms with Gasteiger partial charge < -0.3 is 5.32 Å². The van der Waals surface area contributed by atoms with E-state index in [1.807, 2.05) is 30.3 Å². The average molecular weight is 415 g/mol. The number of sulfonamides is 1. The molecule has 0 saturated heterocycles. The summed E-state index contributed by atoms with van der Waals surface area (Å²) >= 11 is 1.72. The van der Waals surface area contributed by atoms with Gasteiger partial charge in [-0.3, -0.25) is 9.98 Å². The van der Waals surface area contributed by atoms with E-state index < -0.39 is 10.0 Å². The van der Waals surface area contributed by atoms with Gasteiger partial charge in [0.15, 0.2) is 0 Å². The van der Waals surface area contributed by atoms with Crippen LogP contribution in [0.5, 0.6) is 0 Å². The molecule has 0 bridgehead atoms. The number of benzene rings is 2. The van der Waals surface area contributed by atoms with Gasteiger partial charge in [0.1, 0.15) is 0 Å². The van der Waals surface area contributed by atoms with Gasteiger partial charge in [0.05, 0.1) is 16.1 Å². The number of hydrogen-bond acceptors (Lipinski definition) is 5. The number of nitrogens with one attached hydrogen (secondary N) is 2. The van der Waals surface area contributed by atoms with Crippen LogP contribution in [0.4, 0.5) is 0 Å². The number of nitrogens with zero attached hydrogens (tertiary/aromatic N) is 2. The minimum atomic E-state index is -3.64. The summed E-state index contributed by atoms with van der Waals surface area (Å²) < 4.78 is 27.2. The predicted molar refractivity (Wildman–Crippen MR) is 116 cm³/mol. The highest BCUT2D eigenvalue weighted by Crippen LogP contribution is 2.15. The van der Waals surface area contributed by atoms with Crippen molar-refractivity contribution in [2.24, 2.45) is 4.99 Å². The molecular weight excluding hydrogens is 392 g/mol. The molecule has 0 aliphatic rings. The minimum Gasteiger partial charge on any atom is -0.355 e. The summed E-state index contributed by atoms with van der Waals surface area (Å²) in [6, 6.07) is 20.4. The van der Waals surface area contributed by atoms with E-state index in [9.17, 15) is 8.42 Å². The maximum Gasteiger partial charge on any atom is 0.264 e. The normalized spacial score (nSPS) is 12.1. The first-order valence-electron chi connectivity index (χ1n) is 8.79.